The number of halogens is 2. The molecule has 19 heavy (non-hydrogen) atoms. The van der Waals surface area contributed by atoms with Gasteiger partial charge in [-0.25, -0.2) is 0 Å². The van der Waals surface area contributed by atoms with E-state index in [1.54, 1.807) is 0 Å². The molecule has 0 aliphatic carbocycles. The first-order valence-electron chi connectivity index (χ1n) is 5.54. The molecule has 0 radical (unpaired) electrons. The maximum absolute atomic E-state index is 11.6. The highest BCUT2D eigenvalue weighted by molar-refractivity contribution is 6.46. The average Bonchev–Trinajstić information content (AvgIpc) is 2.34. The van der Waals surface area contributed by atoms with Crippen LogP contribution in [0.4, 0.5) is 0 Å². The fraction of sp³-hybridized carbons (Fsp3) is 0.333. The van der Waals surface area contributed by atoms with E-state index in [2.05, 4.69) is 10.6 Å². The molecule has 0 aliphatic rings. The lowest BCUT2D eigenvalue weighted by Crippen LogP contribution is -2.69. The lowest BCUT2D eigenvalue weighted by atomic mass is 10.1. The molecule has 1 unspecified atom stereocenters. The minimum absolute atomic E-state index is 0.278. The molecule has 1 atom stereocenters. The van der Waals surface area contributed by atoms with Crippen LogP contribution in [0.25, 0.3) is 0 Å². The first-order valence-corrected chi connectivity index (χ1v) is 6.41. The van der Waals surface area contributed by atoms with Crippen LogP contribution in [-0.2, 0) is 16.1 Å². The molecule has 0 spiro atoms. The average molecular weight is 304 g/mol. The van der Waals surface area contributed by atoms with E-state index in [0.717, 1.165) is 5.56 Å². The van der Waals surface area contributed by atoms with Crippen molar-refractivity contribution in [2.24, 2.45) is 5.73 Å². The predicted molar refractivity (Wildman–Crippen MR) is 74.5 cm³/mol. The Morgan fingerprint density at radius 1 is 1.32 bits per heavy atom. The van der Waals surface area contributed by atoms with Crippen molar-refractivity contribution >= 4 is 35.0 Å². The molecular weight excluding hydrogens is 289 g/mol. The topological polar surface area (TPSA) is 84.2 Å². The number of hydrogen-bond donors (Lipinski definition) is 3. The zero-order chi connectivity index (χ0) is 14.5. The van der Waals surface area contributed by atoms with E-state index >= 15 is 0 Å². The molecule has 0 aromatic heterocycles. The summed E-state index contributed by atoms with van der Waals surface area (Å²) in [5, 5.41) is 5.18. The Labute approximate surface area is 121 Å². The van der Waals surface area contributed by atoms with Crippen molar-refractivity contribution in [2.75, 3.05) is 0 Å². The van der Waals surface area contributed by atoms with Gasteiger partial charge in [0.1, 0.15) is 0 Å². The quantitative estimate of drug-likeness (QED) is 0.539. The molecule has 1 aromatic carbocycles. The number of amides is 2. The zero-order valence-corrected chi connectivity index (χ0v) is 11.8. The molecule has 1 aromatic rings. The molecule has 0 bridgehead atoms. The van der Waals surface area contributed by atoms with E-state index in [-0.39, 0.29) is 6.54 Å². The number of benzene rings is 1. The summed E-state index contributed by atoms with van der Waals surface area (Å²) in [6.45, 7) is 1.53. The van der Waals surface area contributed by atoms with Gasteiger partial charge >= 0.3 is 0 Å². The number of hydrogen-bond acceptors (Lipinski definition) is 3. The summed E-state index contributed by atoms with van der Waals surface area (Å²) in [6.07, 6.45) is 0. The van der Waals surface area contributed by atoms with Gasteiger partial charge in [-0.05, 0) is 5.56 Å². The van der Waals surface area contributed by atoms with Crippen molar-refractivity contribution in [1.29, 1.82) is 0 Å². The molecule has 5 nitrogen and oxygen atoms in total. The second-order valence-electron chi connectivity index (χ2n) is 3.99. The van der Waals surface area contributed by atoms with E-state index in [1.165, 1.54) is 6.92 Å². The number of nitrogens with two attached hydrogens (primary N) is 1. The van der Waals surface area contributed by atoms with Gasteiger partial charge in [0.05, 0.1) is 0 Å². The number of rotatable bonds is 6. The van der Waals surface area contributed by atoms with Crippen LogP contribution < -0.4 is 16.4 Å². The highest BCUT2D eigenvalue weighted by Crippen LogP contribution is 2.18. The summed E-state index contributed by atoms with van der Waals surface area (Å²) in [5.41, 5.74) is 4.49. The van der Waals surface area contributed by atoms with Crippen LogP contribution in [-0.4, -0.2) is 22.3 Å². The summed E-state index contributed by atoms with van der Waals surface area (Å²) in [7, 11) is 0. The monoisotopic (exact) mass is 303 g/mol. The standard InChI is InChI=1S/C12H15Cl2N3O2/c1-8(18)17-12(10(13)14,11(15)19)16-7-9-5-3-2-4-6-9/h2-6,10,16H,7H2,1H3,(H2,15,19)(H,17,18). The van der Waals surface area contributed by atoms with Gasteiger partial charge in [0.25, 0.3) is 5.91 Å². The third-order valence-electron chi connectivity index (χ3n) is 2.50. The number of nitrogens with one attached hydrogen (secondary N) is 2. The first-order chi connectivity index (χ1) is 8.88. The molecule has 104 valence electrons. The molecule has 0 heterocycles. The van der Waals surface area contributed by atoms with Gasteiger partial charge in [0.15, 0.2) is 4.84 Å². The van der Waals surface area contributed by atoms with Crippen LogP contribution in [0.2, 0.25) is 0 Å². The SMILES string of the molecule is CC(=O)NC(NCc1ccccc1)(C(N)=O)C(Cl)Cl. The molecule has 0 fully saturated rings. The van der Waals surface area contributed by atoms with Gasteiger partial charge in [-0.3, -0.25) is 14.9 Å². The molecule has 0 aliphatic heterocycles. The maximum atomic E-state index is 11.6. The Morgan fingerprint density at radius 3 is 2.32 bits per heavy atom. The van der Waals surface area contributed by atoms with E-state index in [4.69, 9.17) is 28.9 Å². The molecular formula is C12H15Cl2N3O2. The third kappa shape index (κ3) is 4.09. The van der Waals surface area contributed by atoms with Crippen LogP contribution in [0.1, 0.15) is 12.5 Å². The number of carbonyl (C=O) groups excluding carboxylic acids is 2. The second-order valence-corrected chi connectivity index (χ2v) is 5.09. The van der Waals surface area contributed by atoms with E-state index < -0.39 is 22.3 Å². The molecule has 0 saturated heterocycles. The molecule has 2 amide bonds. The van der Waals surface area contributed by atoms with Gasteiger partial charge in [0.2, 0.25) is 11.6 Å². The Morgan fingerprint density at radius 2 is 1.89 bits per heavy atom. The second kappa shape index (κ2) is 6.75. The lowest BCUT2D eigenvalue weighted by Gasteiger charge is -2.33. The Balaban J connectivity index is 2.90. The fourth-order valence-corrected chi connectivity index (χ4v) is 2.03. The normalized spacial score (nSPS) is 13.9. The molecule has 1 rings (SSSR count). The van der Waals surface area contributed by atoms with Crippen LogP contribution in [0.15, 0.2) is 30.3 Å². The van der Waals surface area contributed by atoms with Crippen molar-refractivity contribution in [3.63, 3.8) is 0 Å². The van der Waals surface area contributed by atoms with Gasteiger partial charge in [-0.2, -0.15) is 0 Å². The number of carbonyl (C=O) groups is 2. The zero-order valence-electron chi connectivity index (χ0n) is 10.3. The van der Waals surface area contributed by atoms with Crippen LogP contribution in [0, 0.1) is 0 Å². The van der Waals surface area contributed by atoms with Crippen molar-refractivity contribution < 1.29 is 9.59 Å². The van der Waals surface area contributed by atoms with Crippen molar-refractivity contribution in [3.05, 3.63) is 35.9 Å². The van der Waals surface area contributed by atoms with Crippen molar-refractivity contribution in [2.45, 2.75) is 24.0 Å². The van der Waals surface area contributed by atoms with Gasteiger partial charge in [0, 0.05) is 13.5 Å². The van der Waals surface area contributed by atoms with Gasteiger partial charge < -0.3 is 11.1 Å². The Bertz CT molecular complexity index is 454. The van der Waals surface area contributed by atoms with Crippen molar-refractivity contribution in [1.82, 2.24) is 10.6 Å². The Kier molecular flexibility index (Phi) is 5.60. The lowest BCUT2D eigenvalue weighted by molar-refractivity contribution is -0.131. The summed E-state index contributed by atoms with van der Waals surface area (Å²) in [6, 6.07) is 9.26. The molecule has 0 saturated carbocycles. The molecule has 7 heteroatoms. The van der Waals surface area contributed by atoms with E-state index in [1.807, 2.05) is 30.3 Å². The van der Waals surface area contributed by atoms with Crippen LogP contribution in [0.5, 0.6) is 0 Å². The minimum Gasteiger partial charge on any atom is -0.366 e. The summed E-state index contributed by atoms with van der Waals surface area (Å²) >= 11 is 11.6. The first kappa shape index (κ1) is 15.8. The van der Waals surface area contributed by atoms with Gasteiger partial charge in [-0.15, -0.1) is 23.2 Å². The van der Waals surface area contributed by atoms with Crippen LogP contribution >= 0.6 is 23.2 Å². The smallest absolute Gasteiger partial charge is 0.261 e. The van der Waals surface area contributed by atoms with Crippen LogP contribution in [0.3, 0.4) is 0 Å². The Hall–Kier alpha value is -1.30. The van der Waals surface area contributed by atoms with Crippen molar-refractivity contribution in [3.8, 4) is 0 Å². The summed E-state index contributed by atoms with van der Waals surface area (Å²) in [5.74, 6) is -1.32. The fourth-order valence-electron chi connectivity index (χ4n) is 1.55. The number of alkyl halides is 2. The molecule has 4 N–H and O–H groups in total. The maximum Gasteiger partial charge on any atom is 0.261 e. The summed E-state index contributed by atoms with van der Waals surface area (Å²) < 4.78 is 0. The minimum atomic E-state index is -1.70. The summed E-state index contributed by atoms with van der Waals surface area (Å²) in [4.78, 5) is 21.6. The third-order valence-corrected chi connectivity index (χ3v) is 3.16. The number of primary amides is 1. The van der Waals surface area contributed by atoms with E-state index in [9.17, 15) is 9.59 Å². The van der Waals surface area contributed by atoms with Gasteiger partial charge in [-0.1, -0.05) is 30.3 Å². The predicted octanol–water partition coefficient (Wildman–Crippen LogP) is 0.898. The van der Waals surface area contributed by atoms with E-state index in [0.29, 0.717) is 0 Å². The largest absolute Gasteiger partial charge is 0.366 e. The highest BCUT2D eigenvalue weighted by Gasteiger charge is 2.43. The highest BCUT2D eigenvalue weighted by atomic mass is 35.5.